The minimum atomic E-state index is -3.10. The predicted octanol–water partition coefficient (Wildman–Crippen LogP) is 0.619. The maximum Gasteiger partial charge on any atom is 0.211 e. The Bertz CT molecular complexity index is 523. The number of piperazine rings is 1. The van der Waals surface area contributed by atoms with E-state index in [-0.39, 0.29) is 6.04 Å². The molecule has 0 aromatic carbocycles. The van der Waals surface area contributed by atoms with E-state index in [4.69, 9.17) is 10.2 Å². The highest BCUT2D eigenvalue weighted by Gasteiger charge is 2.29. The summed E-state index contributed by atoms with van der Waals surface area (Å²) in [5.74, 6) is 0.808. The number of hydrogen-bond donors (Lipinski definition) is 1. The van der Waals surface area contributed by atoms with E-state index >= 15 is 0 Å². The number of nitrogens with two attached hydrogens (primary N) is 1. The average Bonchev–Trinajstić information content (AvgIpc) is 2.76. The van der Waals surface area contributed by atoms with E-state index in [1.807, 2.05) is 12.1 Å². The van der Waals surface area contributed by atoms with Crippen LogP contribution in [0.1, 0.15) is 11.8 Å². The Balaban J connectivity index is 2.03. The second-order valence-corrected chi connectivity index (χ2v) is 7.36. The molecule has 6 nitrogen and oxygen atoms in total. The van der Waals surface area contributed by atoms with Gasteiger partial charge in [0.25, 0.3) is 0 Å². The molecule has 0 amide bonds. The van der Waals surface area contributed by atoms with E-state index in [0.717, 1.165) is 5.76 Å². The van der Waals surface area contributed by atoms with E-state index < -0.39 is 10.0 Å². The Hall–Kier alpha value is -0.410. The van der Waals surface area contributed by atoms with Crippen molar-refractivity contribution in [1.29, 1.82) is 0 Å². The smallest absolute Gasteiger partial charge is 0.211 e. The van der Waals surface area contributed by atoms with Crippen LogP contribution in [0.2, 0.25) is 0 Å². The first-order chi connectivity index (χ1) is 8.91. The van der Waals surface area contributed by atoms with Crippen LogP contribution in [0.25, 0.3) is 0 Å². The third kappa shape index (κ3) is 3.57. The number of rotatable bonds is 4. The van der Waals surface area contributed by atoms with Gasteiger partial charge >= 0.3 is 0 Å². The van der Waals surface area contributed by atoms with Gasteiger partial charge < -0.3 is 10.2 Å². The Labute approximate surface area is 121 Å². The van der Waals surface area contributed by atoms with Gasteiger partial charge in [0.15, 0.2) is 4.67 Å². The summed E-state index contributed by atoms with van der Waals surface area (Å²) in [5.41, 5.74) is 5.82. The number of sulfonamides is 1. The molecular formula is C11H18BrN3O3S. The third-order valence-electron chi connectivity index (χ3n) is 3.33. The van der Waals surface area contributed by atoms with Crippen LogP contribution in [-0.4, -0.2) is 56.6 Å². The zero-order valence-electron chi connectivity index (χ0n) is 10.8. The molecule has 2 N–H and O–H groups in total. The zero-order valence-corrected chi connectivity index (χ0v) is 13.2. The summed E-state index contributed by atoms with van der Waals surface area (Å²) in [4.78, 5) is 2.16. The molecule has 1 fully saturated rings. The van der Waals surface area contributed by atoms with Crippen LogP contribution in [0.3, 0.4) is 0 Å². The molecule has 0 spiro atoms. The Morgan fingerprint density at radius 1 is 1.37 bits per heavy atom. The molecule has 1 atom stereocenters. The van der Waals surface area contributed by atoms with Crippen molar-refractivity contribution in [3.8, 4) is 0 Å². The first-order valence-corrected chi connectivity index (χ1v) is 8.70. The number of furan rings is 1. The third-order valence-corrected chi connectivity index (χ3v) is 5.06. The molecule has 8 heteroatoms. The standard InChI is InChI=1S/C11H18BrN3O3S/c1-19(16,17)15-6-4-14(5-7-15)9(8-13)10-2-3-11(12)18-10/h2-3,9H,4-8,13H2,1H3. The van der Waals surface area contributed by atoms with E-state index in [1.165, 1.54) is 10.6 Å². The molecule has 1 aromatic heterocycles. The molecule has 1 aliphatic heterocycles. The highest BCUT2D eigenvalue weighted by molar-refractivity contribution is 9.10. The van der Waals surface area contributed by atoms with Crippen molar-refractivity contribution < 1.29 is 12.8 Å². The van der Waals surface area contributed by atoms with E-state index in [2.05, 4.69) is 20.8 Å². The predicted molar refractivity (Wildman–Crippen MR) is 76.2 cm³/mol. The molecule has 1 aromatic rings. The van der Waals surface area contributed by atoms with Gasteiger partial charge in [0, 0.05) is 32.7 Å². The lowest BCUT2D eigenvalue weighted by molar-refractivity contribution is 0.126. The lowest BCUT2D eigenvalue weighted by Crippen LogP contribution is -2.50. The summed E-state index contributed by atoms with van der Waals surface area (Å²) in [5, 5.41) is 0. The quantitative estimate of drug-likeness (QED) is 0.859. The summed E-state index contributed by atoms with van der Waals surface area (Å²) >= 11 is 3.28. The number of nitrogens with zero attached hydrogens (tertiary/aromatic N) is 2. The van der Waals surface area contributed by atoms with Crippen molar-refractivity contribution >= 4 is 26.0 Å². The molecule has 0 saturated carbocycles. The van der Waals surface area contributed by atoms with Crippen molar-refractivity contribution in [2.24, 2.45) is 5.73 Å². The molecule has 1 unspecified atom stereocenters. The van der Waals surface area contributed by atoms with Crippen LogP contribution in [-0.2, 0) is 10.0 Å². The lowest BCUT2D eigenvalue weighted by Gasteiger charge is -2.37. The van der Waals surface area contributed by atoms with Gasteiger partial charge in [-0.25, -0.2) is 8.42 Å². The van der Waals surface area contributed by atoms with Crippen LogP contribution in [0.4, 0.5) is 0 Å². The van der Waals surface area contributed by atoms with Gasteiger partial charge in [0.2, 0.25) is 10.0 Å². The Kier molecular flexibility index (Phi) is 4.67. The zero-order chi connectivity index (χ0) is 14.0. The van der Waals surface area contributed by atoms with Crippen LogP contribution in [0.5, 0.6) is 0 Å². The van der Waals surface area contributed by atoms with Gasteiger partial charge in [-0.2, -0.15) is 4.31 Å². The molecule has 2 rings (SSSR count). The Morgan fingerprint density at radius 2 is 2.00 bits per heavy atom. The number of hydrogen-bond acceptors (Lipinski definition) is 5. The van der Waals surface area contributed by atoms with Crippen LogP contribution in [0.15, 0.2) is 21.2 Å². The first-order valence-electron chi connectivity index (χ1n) is 6.06. The fraction of sp³-hybridized carbons (Fsp3) is 0.636. The number of halogens is 1. The Morgan fingerprint density at radius 3 is 2.42 bits per heavy atom. The largest absolute Gasteiger partial charge is 0.453 e. The molecule has 19 heavy (non-hydrogen) atoms. The van der Waals surface area contributed by atoms with Gasteiger partial charge in [0.05, 0.1) is 12.3 Å². The second kappa shape index (κ2) is 5.92. The average molecular weight is 352 g/mol. The summed E-state index contributed by atoms with van der Waals surface area (Å²) in [6.07, 6.45) is 1.24. The summed E-state index contributed by atoms with van der Waals surface area (Å²) in [6.45, 7) is 2.76. The summed E-state index contributed by atoms with van der Waals surface area (Å²) < 4.78 is 30.6. The van der Waals surface area contributed by atoms with Crippen LogP contribution >= 0.6 is 15.9 Å². The summed E-state index contributed by atoms with van der Waals surface area (Å²) in [6, 6.07) is 3.72. The minimum Gasteiger partial charge on any atom is -0.453 e. The van der Waals surface area contributed by atoms with Crippen molar-refractivity contribution in [1.82, 2.24) is 9.21 Å². The van der Waals surface area contributed by atoms with Crippen molar-refractivity contribution in [3.63, 3.8) is 0 Å². The molecule has 108 valence electrons. The van der Waals surface area contributed by atoms with Crippen molar-refractivity contribution in [2.45, 2.75) is 6.04 Å². The highest BCUT2D eigenvalue weighted by atomic mass is 79.9. The SMILES string of the molecule is CS(=O)(=O)N1CCN(C(CN)c2ccc(Br)o2)CC1. The van der Waals surface area contributed by atoms with Gasteiger partial charge in [-0.1, -0.05) is 0 Å². The fourth-order valence-corrected chi connectivity index (χ4v) is 3.45. The molecule has 1 saturated heterocycles. The molecule has 0 bridgehead atoms. The highest BCUT2D eigenvalue weighted by Crippen LogP contribution is 2.25. The summed E-state index contributed by atoms with van der Waals surface area (Å²) in [7, 11) is -3.10. The van der Waals surface area contributed by atoms with E-state index in [9.17, 15) is 8.42 Å². The molecular weight excluding hydrogens is 334 g/mol. The van der Waals surface area contributed by atoms with Gasteiger partial charge in [-0.3, -0.25) is 4.90 Å². The molecule has 0 radical (unpaired) electrons. The van der Waals surface area contributed by atoms with E-state index in [1.54, 1.807) is 0 Å². The van der Waals surface area contributed by atoms with E-state index in [0.29, 0.717) is 37.4 Å². The first kappa shape index (κ1) is 15.0. The van der Waals surface area contributed by atoms with Crippen LogP contribution in [0, 0.1) is 0 Å². The van der Waals surface area contributed by atoms with Gasteiger partial charge in [-0.15, -0.1) is 0 Å². The normalized spacial score (nSPS) is 20.6. The van der Waals surface area contributed by atoms with Gasteiger partial charge in [0.1, 0.15) is 5.76 Å². The molecule has 0 aliphatic carbocycles. The van der Waals surface area contributed by atoms with Gasteiger partial charge in [-0.05, 0) is 28.1 Å². The van der Waals surface area contributed by atoms with Crippen molar-refractivity contribution in [3.05, 3.63) is 22.6 Å². The molecule has 1 aliphatic rings. The van der Waals surface area contributed by atoms with Crippen LogP contribution < -0.4 is 5.73 Å². The monoisotopic (exact) mass is 351 g/mol. The maximum atomic E-state index is 11.5. The second-order valence-electron chi connectivity index (χ2n) is 4.59. The topological polar surface area (TPSA) is 79.8 Å². The fourth-order valence-electron chi connectivity index (χ4n) is 2.30. The minimum absolute atomic E-state index is 0.00647. The maximum absolute atomic E-state index is 11.5. The molecule has 2 heterocycles. The lowest BCUT2D eigenvalue weighted by atomic mass is 10.1. The van der Waals surface area contributed by atoms with Crippen molar-refractivity contribution in [2.75, 3.05) is 39.0 Å².